The molecule has 2 aromatic rings. The van der Waals surface area contributed by atoms with Crippen molar-refractivity contribution >= 4 is 0 Å². The zero-order chi connectivity index (χ0) is 14.1. The highest BCUT2D eigenvalue weighted by atomic mass is 15.3. The first-order valence-corrected chi connectivity index (χ1v) is 7.38. The molecule has 3 heterocycles. The Morgan fingerprint density at radius 1 is 1.25 bits per heavy atom. The van der Waals surface area contributed by atoms with E-state index >= 15 is 0 Å². The summed E-state index contributed by atoms with van der Waals surface area (Å²) in [6.07, 6.45) is 4.32. The smallest absolute Gasteiger partial charge is 0.0887 e. The summed E-state index contributed by atoms with van der Waals surface area (Å²) in [5.41, 5.74) is 3.30. The zero-order valence-electron chi connectivity index (χ0n) is 12.5. The Morgan fingerprint density at radius 2 is 2.10 bits per heavy atom. The number of nitrogens with zero attached hydrogens (tertiary/aromatic N) is 4. The van der Waals surface area contributed by atoms with E-state index < -0.39 is 0 Å². The first-order valence-electron chi connectivity index (χ1n) is 7.38. The van der Waals surface area contributed by atoms with Crippen LogP contribution in [0.3, 0.4) is 0 Å². The van der Waals surface area contributed by atoms with Gasteiger partial charge in [0, 0.05) is 12.2 Å². The van der Waals surface area contributed by atoms with Crippen LogP contribution in [0.1, 0.15) is 44.5 Å². The van der Waals surface area contributed by atoms with Gasteiger partial charge in [0.25, 0.3) is 0 Å². The van der Waals surface area contributed by atoms with E-state index in [1.165, 1.54) is 25.1 Å². The summed E-state index contributed by atoms with van der Waals surface area (Å²) in [6.45, 7) is 5.46. The minimum absolute atomic E-state index is 0.347. The summed E-state index contributed by atoms with van der Waals surface area (Å²) in [6, 6.07) is 9.19. The second-order valence-electron chi connectivity index (χ2n) is 5.84. The molecule has 1 saturated heterocycles. The maximum atomic E-state index is 4.89. The van der Waals surface area contributed by atoms with Crippen LogP contribution in [0.4, 0.5) is 0 Å². The SMILES string of the molecule is CC(C)n1nccc1-c1cccc([C@H]2CCCN2C)n1. The largest absolute Gasteiger partial charge is 0.298 e. The quantitative estimate of drug-likeness (QED) is 0.858. The van der Waals surface area contributed by atoms with Gasteiger partial charge in [0.1, 0.15) is 0 Å². The lowest BCUT2D eigenvalue weighted by molar-refractivity contribution is 0.312. The van der Waals surface area contributed by atoms with Gasteiger partial charge in [-0.15, -0.1) is 0 Å². The lowest BCUT2D eigenvalue weighted by Crippen LogP contribution is -2.18. The minimum Gasteiger partial charge on any atom is -0.298 e. The van der Waals surface area contributed by atoms with Gasteiger partial charge in [-0.05, 0) is 58.5 Å². The highest BCUT2D eigenvalue weighted by molar-refractivity contribution is 5.54. The molecule has 0 unspecified atom stereocenters. The number of hydrogen-bond acceptors (Lipinski definition) is 3. The zero-order valence-corrected chi connectivity index (χ0v) is 12.5. The molecule has 0 aliphatic carbocycles. The van der Waals surface area contributed by atoms with Crippen LogP contribution < -0.4 is 0 Å². The Labute approximate surface area is 120 Å². The highest BCUT2D eigenvalue weighted by Gasteiger charge is 2.24. The first kappa shape index (κ1) is 13.3. The number of hydrogen-bond donors (Lipinski definition) is 0. The predicted octanol–water partition coefficient (Wildman–Crippen LogP) is 3.29. The fourth-order valence-corrected chi connectivity index (χ4v) is 2.99. The number of pyridine rings is 1. The molecule has 1 aliphatic heterocycles. The van der Waals surface area contributed by atoms with E-state index in [2.05, 4.69) is 49.1 Å². The second-order valence-corrected chi connectivity index (χ2v) is 5.84. The third kappa shape index (κ3) is 2.36. The molecule has 106 valence electrons. The predicted molar refractivity (Wildman–Crippen MR) is 80.4 cm³/mol. The van der Waals surface area contributed by atoms with Crippen molar-refractivity contribution in [3.8, 4) is 11.4 Å². The van der Waals surface area contributed by atoms with E-state index in [9.17, 15) is 0 Å². The van der Waals surface area contributed by atoms with Gasteiger partial charge in [0.15, 0.2) is 0 Å². The molecule has 0 saturated carbocycles. The second kappa shape index (κ2) is 5.37. The van der Waals surface area contributed by atoms with Crippen LogP contribution in [0.5, 0.6) is 0 Å². The fourth-order valence-electron chi connectivity index (χ4n) is 2.99. The lowest BCUT2D eigenvalue weighted by atomic mass is 10.1. The molecule has 0 spiro atoms. The van der Waals surface area contributed by atoms with Crippen molar-refractivity contribution in [1.29, 1.82) is 0 Å². The molecule has 3 rings (SSSR count). The van der Waals surface area contributed by atoms with Gasteiger partial charge in [0.05, 0.1) is 23.1 Å². The van der Waals surface area contributed by atoms with Crippen molar-refractivity contribution < 1.29 is 0 Å². The summed E-state index contributed by atoms with van der Waals surface area (Å²) in [5, 5.41) is 4.40. The Hall–Kier alpha value is -1.68. The van der Waals surface area contributed by atoms with Gasteiger partial charge in [-0.25, -0.2) is 4.98 Å². The van der Waals surface area contributed by atoms with Gasteiger partial charge in [-0.1, -0.05) is 6.07 Å². The van der Waals surface area contributed by atoms with E-state index in [0.29, 0.717) is 12.1 Å². The molecule has 0 N–H and O–H groups in total. The van der Waals surface area contributed by atoms with Gasteiger partial charge in [0.2, 0.25) is 0 Å². The maximum Gasteiger partial charge on any atom is 0.0887 e. The third-order valence-corrected chi connectivity index (χ3v) is 4.05. The molecular weight excluding hydrogens is 248 g/mol. The third-order valence-electron chi connectivity index (χ3n) is 4.05. The highest BCUT2D eigenvalue weighted by Crippen LogP contribution is 2.30. The van der Waals surface area contributed by atoms with E-state index in [0.717, 1.165) is 11.4 Å². The molecule has 20 heavy (non-hydrogen) atoms. The summed E-state index contributed by atoms with van der Waals surface area (Å²) >= 11 is 0. The van der Waals surface area contributed by atoms with Crippen molar-refractivity contribution in [3.63, 3.8) is 0 Å². The van der Waals surface area contributed by atoms with Gasteiger partial charge >= 0.3 is 0 Å². The normalized spacial score (nSPS) is 19.9. The average molecular weight is 270 g/mol. The van der Waals surface area contributed by atoms with Gasteiger partial charge < -0.3 is 0 Å². The number of likely N-dealkylation sites (tertiary alicyclic amines) is 1. The molecule has 2 aromatic heterocycles. The first-order chi connectivity index (χ1) is 9.66. The molecular formula is C16H22N4. The van der Waals surface area contributed by atoms with Crippen molar-refractivity contribution in [3.05, 3.63) is 36.2 Å². The summed E-state index contributed by atoms with van der Waals surface area (Å²) in [4.78, 5) is 7.28. The molecule has 1 fully saturated rings. The van der Waals surface area contributed by atoms with Crippen LogP contribution in [0.15, 0.2) is 30.5 Å². The van der Waals surface area contributed by atoms with Gasteiger partial charge in [-0.2, -0.15) is 5.10 Å². The average Bonchev–Trinajstić information content (AvgIpc) is 3.07. The van der Waals surface area contributed by atoms with Crippen LogP contribution in [-0.4, -0.2) is 33.3 Å². The van der Waals surface area contributed by atoms with Crippen LogP contribution in [0, 0.1) is 0 Å². The Kier molecular flexibility index (Phi) is 3.57. The van der Waals surface area contributed by atoms with Crippen LogP contribution >= 0.6 is 0 Å². The molecule has 0 radical (unpaired) electrons. The molecule has 1 aliphatic rings. The van der Waals surface area contributed by atoms with Crippen LogP contribution in [0.2, 0.25) is 0 Å². The van der Waals surface area contributed by atoms with E-state index in [1.807, 2.05) is 16.9 Å². The van der Waals surface area contributed by atoms with Crippen molar-refractivity contribution in [1.82, 2.24) is 19.7 Å². The van der Waals surface area contributed by atoms with Crippen molar-refractivity contribution in [2.75, 3.05) is 13.6 Å². The fraction of sp³-hybridized carbons (Fsp3) is 0.500. The number of aromatic nitrogens is 3. The standard InChI is InChI=1S/C16H22N4/c1-12(2)20-16(9-10-17-20)14-7-4-6-13(18-14)15-8-5-11-19(15)3/h4,6-7,9-10,12,15H,5,8,11H2,1-3H3/t15-/m1/s1. The van der Waals surface area contributed by atoms with E-state index in [1.54, 1.807) is 0 Å². The Morgan fingerprint density at radius 3 is 2.80 bits per heavy atom. The van der Waals surface area contributed by atoms with Gasteiger partial charge in [-0.3, -0.25) is 9.58 Å². The molecule has 0 bridgehead atoms. The summed E-state index contributed by atoms with van der Waals surface area (Å²) < 4.78 is 2.03. The number of rotatable bonds is 3. The minimum atomic E-state index is 0.347. The van der Waals surface area contributed by atoms with Crippen molar-refractivity contribution in [2.24, 2.45) is 0 Å². The maximum absolute atomic E-state index is 4.89. The molecule has 0 aromatic carbocycles. The van der Waals surface area contributed by atoms with E-state index in [-0.39, 0.29) is 0 Å². The Balaban J connectivity index is 1.97. The summed E-state index contributed by atoms with van der Waals surface area (Å²) in [5.74, 6) is 0. The van der Waals surface area contributed by atoms with Crippen LogP contribution in [0.25, 0.3) is 11.4 Å². The van der Waals surface area contributed by atoms with Crippen molar-refractivity contribution in [2.45, 2.75) is 38.8 Å². The molecule has 4 heteroatoms. The molecule has 0 amide bonds. The Bertz CT molecular complexity index is 588. The monoisotopic (exact) mass is 270 g/mol. The summed E-state index contributed by atoms with van der Waals surface area (Å²) in [7, 11) is 2.18. The topological polar surface area (TPSA) is 34.0 Å². The van der Waals surface area contributed by atoms with E-state index in [4.69, 9.17) is 4.98 Å². The van der Waals surface area contributed by atoms with Crippen LogP contribution in [-0.2, 0) is 0 Å². The molecule has 1 atom stereocenters. The lowest BCUT2D eigenvalue weighted by Gasteiger charge is -2.19. The molecule has 4 nitrogen and oxygen atoms in total.